The fourth-order valence-corrected chi connectivity index (χ4v) is 3.19. The quantitative estimate of drug-likeness (QED) is 0.818. The predicted molar refractivity (Wildman–Crippen MR) is 77.3 cm³/mol. The van der Waals surface area contributed by atoms with Crippen LogP contribution in [0.4, 0.5) is 0 Å². The van der Waals surface area contributed by atoms with E-state index >= 15 is 0 Å². The van der Waals surface area contributed by atoms with E-state index in [2.05, 4.69) is 0 Å². The summed E-state index contributed by atoms with van der Waals surface area (Å²) in [6.07, 6.45) is 4.83. The smallest absolute Gasteiger partial charge is 0.229 e. The van der Waals surface area contributed by atoms with Crippen LogP contribution in [0.5, 0.6) is 0 Å². The maximum Gasteiger partial charge on any atom is 0.229 e. The Balaban J connectivity index is 1.83. The molecule has 0 aromatic heterocycles. The fourth-order valence-electron chi connectivity index (χ4n) is 3.19. The Hall–Kier alpha value is -0.650. The van der Waals surface area contributed by atoms with Crippen LogP contribution in [-0.4, -0.2) is 57.4 Å². The van der Waals surface area contributed by atoms with E-state index < -0.39 is 0 Å². The van der Waals surface area contributed by atoms with Crippen molar-refractivity contribution in [3.8, 4) is 0 Å². The van der Waals surface area contributed by atoms with Crippen LogP contribution in [0.25, 0.3) is 0 Å². The molecule has 0 saturated carbocycles. The second kappa shape index (κ2) is 7.38. The highest BCUT2D eigenvalue weighted by Gasteiger charge is 2.40. The minimum Gasteiger partial charge on any atom is -0.381 e. The van der Waals surface area contributed by atoms with E-state index in [-0.39, 0.29) is 11.3 Å². The van der Waals surface area contributed by atoms with Gasteiger partial charge in [0.05, 0.1) is 5.41 Å². The molecule has 0 aromatic rings. The molecule has 5 nitrogen and oxygen atoms in total. The lowest BCUT2D eigenvalue weighted by atomic mass is 9.79. The van der Waals surface area contributed by atoms with Crippen molar-refractivity contribution in [2.45, 2.75) is 32.1 Å². The topological polar surface area (TPSA) is 64.8 Å². The standard InChI is InChI=1S/C15H28N2O3/c1-17(7-2-13-3-8-19-9-4-13)14(18)15(12-16)5-10-20-11-6-15/h13H,2-12,16H2,1H3. The lowest BCUT2D eigenvalue weighted by Crippen LogP contribution is -2.50. The molecule has 0 bridgehead atoms. The van der Waals surface area contributed by atoms with Gasteiger partial charge in [0.15, 0.2) is 0 Å². The Morgan fingerprint density at radius 1 is 1.20 bits per heavy atom. The number of carbonyl (C=O) groups excluding carboxylic acids is 1. The van der Waals surface area contributed by atoms with Crippen molar-refractivity contribution < 1.29 is 14.3 Å². The first-order valence-corrected chi connectivity index (χ1v) is 7.79. The van der Waals surface area contributed by atoms with E-state index in [1.165, 1.54) is 0 Å². The number of hydrogen-bond acceptors (Lipinski definition) is 4. The van der Waals surface area contributed by atoms with Gasteiger partial charge < -0.3 is 20.1 Å². The Morgan fingerprint density at radius 2 is 1.80 bits per heavy atom. The number of carbonyl (C=O) groups is 1. The molecule has 2 N–H and O–H groups in total. The molecule has 0 spiro atoms. The van der Waals surface area contributed by atoms with Crippen LogP contribution in [-0.2, 0) is 14.3 Å². The third-order valence-corrected chi connectivity index (χ3v) is 4.85. The average molecular weight is 284 g/mol. The monoisotopic (exact) mass is 284 g/mol. The Bertz CT molecular complexity index is 310. The molecule has 2 rings (SSSR count). The molecule has 0 atom stereocenters. The summed E-state index contributed by atoms with van der Waals surface area (Å²) in [6.45, 7) is 4.29. The molecule has 0 aliphatic carbocycles. The molecule has 0 unspecified atom stereocenters. The van der Waals surface area contributed by atoms with Gasteiger partial charge in [-0.3, -0.25) is 4.79 Å². The predicted octanol–water partition coefficient (Wildman–Crippen LogP) is 1.02. The third-order valence-electron chi connectivity index (χ3n) is 4.85. The van der Waals surface area contributed by atoms with Gasteiger partial charge >= 0.3 is 0 Å². The molecule has 5 heteroatoms. The summed E-state index contributed by atoms with van der Waals surface area (Å²) in [5.41, 5.74) is 5.51. The van der Waals surface area contributed by atoms with Crippen molar-refractivity contribution in [3.63, 3.8) is 0 Å². The summed E-state index contributed by atoms with van der Waals surface area (Å²) >= 11 is 0. The normalized spacial score (nSPS) is 23.5. The van der Waals surface area contributed by atoms with Gasteiger partial charge in [-0.15, -0.1) is 0 Å². The molecular formula is C15H28N2O3. The van der Waals surface area contributed by atoms with E-state index in [1.54, 1.807) is 0 Å². The lowest BCUT2D eigenvalue weighted by molar-refractivity contribution is -0.146. The zero-order valence-corrected chi connectivity index (χ0v) is 12.6. The Kier molecular flexibility index (Phi) is 5.81. The molecular weight excluding hydrogens is 256 g/mol. The van der Waals surface area contributed by atoms with Gasteiger partial charge in [0, 0.05) is 46.6 Å². The third kappa shape index (κ3) is 3.71. The van der Waals surface area contributed by atoms with Crippen LogP contribution in [0, 0.1) is 11.3 Å². The number of ether oxygens (including phenoxy) is 2. The second-order valence-corrected chi connectivity index (χ2v) is 6.17. The summed E-state index contributed by atoms with van der Waals surface area (Å²) in [5, 5.41) is 0. The maximum atomic E-state index is 12.7. The molecule has 0 aromatic carbocycles. The summed E-state index contributed by atoms with van der Waals surface area (Å²) in [5.74, 6) is 0.901. The molecule has 2 heterocycles. The highest BCUT2D eigenvalue weighted by Crippen LogP contribution is 2.31. The van der Waals surface area contributed by atoms with Crippen molar-refractivity contribution in [2.24, 2.45) is 17.1 Å². The average Bonchev–Trinajstić information content (AvgIpc) is 2.53. The molecule has 2 aliphatic heterocycles. The first-order chi connectivity index (χ1) is 9.68. The van der Waals surface area contributed by atoms with Crippen molar-refractivity contribution in [1.82, 2.24) is 4.90 Å². The zero-order chi connectivity index (χ0) is 14.4. The summed E-state index contributed by atoms with van der Waals surface area (Å²) in [4.78, 5) is 14.6. The van der Waals surface area contributed by atoms with Crippen LogP contribution >= 0.6 is 0 Å². The number of rotatable bonds is 5. The molecule has 2 saturated heterocycles. The number of nitrogens with zero attached hydrogens (tertiary/aromatic N) is 1. The van der Waals surface area contributed by atoms with Crippen LogP contribution in [0.3, 0.4) is 0 Å². The lowest BCUT2D eigenvalue weighted by Gasteiger charge is -2.38. The van der Waals surface area contributed by atoms with Crippen LogP contribution < -0.4 is 5.73 Å². The van der Waals surface area contributed by atoms with Gasteiger partial charge in [-0.05, 0) is 38.0 Å². The maximum absolute atomic E-state index is 12.7. The highest BCUT2D eigenvalue weighted by molar-refractivity contribution is 5.83. The molecule has 20 heavy (non-hydrogen) atoms. The van der Waals surface area contributed by atoms with Crippen LogP contribution in [0.15, 0.2) is 0 Å². The van der Waals surface area contributed by atoms with Gasteiger partial charge in [-0.1, -0.05) is 0 Å². The van der Waals surface area contributed by atoms with Gasteiger partial charge in [0.1, 0.15) is 0 Å². The molecule has 116 valence electrons. The van der Waals surface area contributed by atoms with Crippen LogP contribution in [0.2, 0.25) is 0 Å². The number of hydrogen-bond donors (Lipinski definition) is 1. The van der Waals surface area contributed by atoms with Crippen molar-refractivity contribution in [2.75, 3.05) is 46.6 Å². The first kappa shape index (κ1) is 15.7. The molecule has 1 amide bonds. The van der Waals surface area contributed by atoms with Crippen molar-refractivity contribution >= 4 is 5.91 Å². The minimum absolute atomic E-state index is 0.204. The van der Waals surface area contributed by atoms with Crippen molar-refractivity contribution in [3.05, 3.63) is 0 Å². The zero-order valence-electron chi connectivity index (χ0n) is 12.6. The minimum atomic E-state index is -0.386. The number of nitrogens with two attached hydrogens (primary N) is 1. The molecule has 2 fully saturated rings. The summed E-state index contributed by atoms with van der Waals surface area (Å²) in [6, 6.07) is 0. The number of amides is 1. The Morgan fingerprint density at radius 3 is 2.40 bits per heavy atom. The van der Waals surface area contributed by atoms with Crippen LogP contribution in [0.1, 0.15) is 32.1 Å². The summed E-state index contributed by atoms with van der Waals surface area (Å²) < 4.78 is 10.7. The van der Waals surface area contributed by atoms with E-state index in [0.717, 1.165) is 51.9 Å². The fraction of sp³-hybridized carbons (Fsp3) is 0.933. The van der Waals surface area contributed by atoms with Crippen molar-refractivity contribution in [1.29, 1.82) is 0 Å². The van der Waals surface area contributed by atoms with E-state index in [0.29, 0.717) is 25.7 Å². The second-order valence-electron chi connectivity index (χ2n) is 6.17. The van der Waals surface area contributed by atoms with Gasteiger partial charge in [0.2, 0.25) is 5.91 Å². The highest BCUT2D eigenvalue weighted by atomic mass is 16.5. The molecule has 0 radical (unpaired) electrons. The van der Waals surface area contributed by atoms with E-state index in [9.17, 15) is 4.79 Å². The SMILES string of the molecule is CN(CCC1CCOCC1)C(=O)C1(CN)CCOCC1. The first-order valence-electron chi connectivity index (χ1n) is 7.79. The molecule has 2 aliphatic rings. The van der Waals surface area contributed by atoms with E-state index in [1.807, 2.05) is 11.9 Å². The van der Waals surface area contributed by atoms with E-state index in [4.69, 9.17) is 15.2 Å². The largest absolute Gasteiger partial charge is 0.381 e. The van der Waals surface area contributed by atoms with Gasteiger partial charge in [-0.2, -0.15) is 0 Å². The van der Waals surface area contributed by atoms with Gasteiger partial charge in [0.25, 0.3) is 0 Å². The van der Waals surface area contributed by atoms with Gasteiger partial charge in [-0.25, -0.2) is 0 Å². The summed E-state index contributed by atoms with van der Waals surface area (Å²) in [7, 11) is 1.91. The Labute approximate surface area is 121 Å².